The van der Waals surface area contributed by atoms with Crippen LogP contribution >= 0.6 is 23.4 Å². The van der Waals surface area contributed by atoms with E-state index in [1.807, 2.05) is 23.9 Å². The molecule has 1 aromatic rings. The van der Waals surface area contributed by atoms with Gasteiger partial charge in [-0.15, -0.1) is 11.8 Å². The quantitative estimate of drug-likeness (QED) is 0.731. The number of rotatable bonds is 1. The summed E-state index contributed by atoms with van der Waals surface area (Å²) in [5.41, 5.74) is 2.69. The van der Waals surface area contributed by atoms with Crippen LogP contribution in [0.1, 0.15) is 31.2 Å². The van der Waals surface area contributed by atoms with Crippen molar-refractivity contribution in [3.8, 4) is 0 Å². The zero-order valence-electron chi connectivity index (χ0n) is 9.73. The lowest BCUT2D eigenvalue weighted by Gasteiger charge is -2.27. The molecule has 1 nitrogen and oxygen atoms in total. The van der Waals surface area contributed by atoms with Crippen LogP contribution in [-0.4, -0.2) is 16.8 Å². The highest BCUT2D eigenvalue weighted by Crippen LogP contribution is 2.40. The predicted octanol–water partition coefficient (Wildman–Crippen LogP) is 4.59. The van der Waals surface area contributed by atoms with Crippen LogP contribution in [0.4, 0.5) is 0 Å². The summed E-state index contributed by atoms with van der Waals surface area (Å²) in [6.07, 6.45) is 5.39. The fraction of sp³-hybridized carbons (Fsp3) is 0.429. The van der Waals surface area contributed by atoms with Crippen molar-refractivity contribution in [3.63, 3.8) is 0 Å². The third kappa shape index (κ3) is 2.34. The molecule has 3 heteroatoms. The Labute approximate surface area is 112 Å². The molecule has 1 fully saturated rings. The summed E-state index contributed by atoms with van der Waals surface area (Å²) in [7, 11) is 0. The third-order valence-corrected chi connectivity index (χ3v) is 4.90. The second-order valence-corrected chi connectivity index (χ2v) is 6.13. The molecule has 1 aromatic carbocycles. The number of hydrogen-bond donors (Lipinski definition) is 0. The molecular formula is C14H16ClNS. The van der Waals surface area contributed by atoms with Gasteiger partial charge < -0.3 is 4.90 Å². The van der Waals surface area contributed by atoms with Crippen LogP contribution in [0.2, 0.25) is 5.02 Å². The summed E-state index contributed by atoms with van der Waals surface area (Å²) >= 11 is 7.92. The molecule has 0 N–H and O–H groups in total. The summed E-state index contributed by atoms with van der Waals surface area (Å²) in [5.74, 6) is 0. The molecule has 0 radical (unpaired) electrons. The van der Waals surface area contributed by atoms with Gasteiger partial charge in [0.25, 0.3) is 0 Å². The Morgan fingerprint density at radius 1 is 1.12 bits per heavy atom. The number of fused-ring (bicyclic) bond motifs is 1. The lowest BCUT2D eigenvalue weighted by atomic mass is 10.1. The Morgan fingerprint density at radius 3 is 2.76 bits per heavy atom. The molecule has 0 saturated carbocycles. The highest BCUT2D eigenvalue weighted by molar-refractivity contribution is 8.03. The standard InChI is InChI=1S/C14H16ClNS/c15-12-7-5-11(6-8-12)13-10-17-14-4-2-1-3-9-16(13)14/h5-8,10,14H,1-4,9H2. The van der Waals surface area contributed by atoms with E-state index in [2.05, 4.69) is 22.4 Å². The van der Waals surface area contributed by atoms with Gasteiger partial charge in [0.2, 0.25) is 0 Å². The molecule has 0 aromatic heterocycles. The van der Waals surface area contributed by atoms with Crippen molar-refractivity contribution < 1.29 is 0 Å². The second-order valence-electron chi connectivity index (χ2n) is 4.64. The van der Waals surface area contributed by atoms with Gasteiger partial charge in [0.15, 0.2) is 0 Å². The highest BCUT2D eigenvalue weighted by atomic mass is 35.5. The van der Waals surface area contributed by atoms with E-state index in [1.54, 1.807) is 0 Å². The van der Waals surface area contributed by atoms with Crippen LogP contribution in [0.3, 0.4) is 0 Å². The van der Waals surface area contributed by atoms with Crippen LogP contribution < -0.4 is 0 Å². The first kappa shape index (κ1) is 11.5. The number of hydrogen-bond acceptors (Lipinski definition) is 2. The second kappa shape index (κ2) is 4.95. The van der Waals surface area contributed by atoms with Gasteiger partial charge in [0.05, 0.1) is 11.1 Å². The predicted molar refractivity (Wildman–Crippen MR) is 76.0 cm³/mol. The van der Waals surface area contributed by atoms with Crippen molar-refractivity contribution in [1.29, 1.82) is 0 Å². The van der Waals surface area contributed by atoms with Crippen LogP contribution in [-0.2, 0) is 0 Å². The molecule has 0 bridgehead atoms. The van der Waals surface area contributed by atoms with Crippen molar-refractivity contribution in [2.24, 2.45) is 0 Å². The number of nitrogens with zero attached hydrogens (tertiary/aromatic N) is 1. The summed E-state index contributed by atoms with van der Waals surface area (Å²) in [6.45, 7) is 1.20. The molecule has 0 spiro atoms. The zero-order chi connectivity index (χ0) is 11.7. The van der Waals surface area contributed by atoms with Gasteiger partial charge in [0, 0.05) is 11.6 Å². The molecule has 17 heavy (non-hydrogen) atoms. The first-order valence-corrected chi connectivity index (χ1v) is 7.55. The van der Waals surface area contributed by atoms with Crippen LogP contribution in [0.25, 0.3) is 5.70 Å². The Kier molecular flexibility index (Phi) is 3.34. The highest BCUT2D eigenvalue weighted by Gasteiger charge is 2.28. The molecule has 0 amide bonds. The van der Waals surface area contributed by atoms with Gasteiger partial charge in [-0.1, -0.05) is 36.6 Å². The lowest BCUT2D eigenvalue weighted by Crippen LogP contribution is -2.27. The number of thioether (sulfide) groups is 1. The smallest absolute Gasteiger partial charge is 0.0792 e. The molecule has 3 rings (SSSR count). The fourth-order valence-corrected chi connectivity index (χ4v) is 3.91. The SMILES string of the molecule is Clc1ccc(C2=CSC3CCCCCN23)cc1. The molecule has 1 unspecified atom stereocenters. The largest absolute Gasteiger partial charge is 0.358 e. The Hall–Kier alpha value is -0.600. The van der Waals surface area contributed by atoms with E-state index >= 15 is 0 Å². The molecule has 2 aliphatic heterocycles. The van der Waals surface area contributed by atoms with Crippen molar-refractivity contribution in [3.05, 3.63) is 40.3 Å². The molecule has 2 heterocycles. The van der Waals surface area contributed by atoms with Gasteiger partial charge >= 0.3 is 0 Å². The molecule has 90 valence electrons. The average molecular weight is 266 g/mol. The minimum absolute atomic E-state index is 0.670. The summed E-state index contributed by atoms with van der Waals surface area (Å²) in [4.78, 5) is 2.57. The Morgan fingerprint density at radius 2 is 1.94 bits per heavy atom. The number of benzene rings is 1. The third-order valence-electron chi connectivity index (χ3n) is 3.48. The van der Waals surface area contributed by atoms with Crippen LogP contribution in [0.5, 0.6) is 0 Å². The lowest BCUT2D eigenvalue weighted by molar-refractivity contribution is 0.390. The van der Waals surface area contributed by atoms with E-state index < -0.39 is 0 Å². The van der Waals surface area contributed by atoms with E-state index in [9.17, 15) is 0 Å². The Balaban J connectivity index is 1.85. The molecular weight excluding hydrogens is 250 g/mol. The first-order chi connectivity index (χ1) is 8.34. The van der Waals surface area contributed by atoms with Gasteiger partial charge in [-0.2, -0.15) is 0 Å². The summed E-state index contributed by atoms with van der Waals surface area (Å²) in [6, 6.07) is 8.21. The minimum atomic E-state index is 0.670. The van der Waals surface area contributed by atoms with Gasteiger partial charge in [-0.3, -0.25) is 0 Å². The van der Waals surface area contributed by atoms with Gasteiger partial charge in [0.1, 0.15) is 0 Å². The van der Waals surface area contributed by atoms with Gasteiger partial charge in [-0.05, 0) is 35.9 Å². The maximum Gasteiger partial charge on any atom is 0.0792 e. The molecule has 1 saturated heterocycles. The summed E-state index contributed by atoms with van der Waals surface area (Å²) in [5, 5.41) is 3.80. The maximum absolute atomic E-state index is 5.94. The van der Waals surface area contributed by atoms with E-state index in [0.717, 1.165) is 5.02 Å². The fourth-order valence-electron chi connectivity index (χ4n) is 2.56. The van der Waals surface area contributed by atoms with Crippen LogP contribution in [0.15, 0.2) is 29.7 Å². The van der Waals surface area contributed by atoms with Crippen LogP contribution in [0, 0.1) is 0 Å². The number of halogens is 1. The van der Waals surface area contributed by atoms with E-state index in [0.29, 0.717) is 5.37 Å². The molecule has 1 atom stereocenters. The van der Waals surface area contributed by atoms with E-state index in [1.165, 1.54) is 43.5 Å². The van der Waals surface area contributed by atoms with Crippen molar-refractivity contribution in [2.45, 2.75) is 31.1 Å². The van der Waals surface area contributed by atoms with Gasteiger partial charge in [-0.25, -0.2) is 0 Å². The minimum Gasteiger partial charge on any atom is -0.358 e. The van der Waals surface area contributed by atoms with Crippen molar-refractivity contribution >= 4 is 29.1 Å². The molecule has 0 aliphatic carbocycles. The van der Waals surface area contributed by atoms with Crippen molar-refractivity contribution in [1.82, 2.24) is 4.90 Å². The van der Waals surface area contributed by atoms with E-state index in [4.69, 9.17) is 11.6 Å². The monoisotopic (exact) mass is 265 g/mol. The normalized spacial score (nSPS) is 24.2. The maximum atomic E-state index is 5.94. The van der Waals surface area contributed by atoms with E-state index in [-0.39, 0.29) is 0 Å². The molecule has 2 aliphatic rings. The Bertz CT molecular complexity index is 426. The van der Waals surface area contributed by atoms with Crippen molar-refractivity contribution in [2.75, 3.05) is 6.54 Å². The topological polar surface area (TPSA) is 3.24 Å². The average Bonchev–Trinajstić information content (AvgIpc) is 2.60. The zero-order valence-corrected chi connectivity index (χ0v) is 11.3. The summed E-state index contributed by atoms with van der Waals surface area (Å²) < 4.78 is 0. The first-order valence-electron chi connectivity index (χ1n) is 6.23.